The van der Waals surface area contributed by atoms with Crippen molar-refractivity contribution in [3.05, 3.63) is 36.5 Å². The van der Waals surface area contributed by atoms with Crippen LogP contribution < -0.4 is 30.0 Å². The molecule has 12 heteroatoms. The number of methoxy groups -OCH3 is 4. The van der Waals surface area contributed by atoms with Crippen LogP contribution in [-0.2, 0) is 9.59 Å². The molecular formula is C23H28N5O7+. The third-order valence-corrected chi connectivity index (χ3v) is 5.27. The molecule has 1 atom stereocenters. The second kappa shape index (κ2) is 11.2. The van der Waals surface area contributed by atoms with Gasteiger partial charge in [0.05, 0.1) is 58.1 Å². The number of carboxylic acid groups (broad SMARTS) is 1. The van der Waals surface area contributed by atoms with E-state index in [0.717, 1.165) is 0 Å². The lowest BCUT2D eigenvalue weighted by Gasteiger charge is -2.16. The molecule has 1 unspecified atom stereocenters. The first-order valence-electron chi connectivity index (χ1n) is 10.6. The van der Waals surface area contributed by atoms with Gasteiger partial charge in [0.2, 0.25) is 5.75 Å². The zero-order chi connectivity index (χ0) is 25.5. The van der Waals surface area contributed by atoms with Gasteiger partial charge >= 0.3 is 5.97 Å². The minimum Gasteiger partial charge on any atom is -0.495 e. The first-order chi connectivity index (χ1) is 16.8. The van der Waals surface area contributed by atoms with Gasteiger partial charge in [0.15, 0.2) is 17.5 Å². The SMILES string of the molecule is COc1ccc(-c2cnnn2-c2cc(OC)c(OC)c(OC)c2)cc1NC(=O)C([NH3+])CCC(=O)O. The van der Waals surface area contributed by atoms with Crippen LogP contribution in [0.25, 0.3) is 16.9 Å². The number of rotatable bonds is 11. The molecule has 2 aromatic carbocycles. The maximum Gasteiger partial charge on any atom is 0.303 e. The van der Waals surface area contributed by atoms with E-state index in [2.05, 4.69) is 21.4 Å². The lowest BCUT2D eigenvalue weighted by molar-refractivity contribution is -0.403. The monoisotopic (exact) mass is 486 g/mol. The van der Waals surface area contributed by atoms with Gasteiger partial charge in [-0.25, -0.2) is 4.68 Å². The van der Waals surface area contributed by atoms with Crippen LogP contribution in [0, 0.1) is 0 Å². The molecular weight excluding hydrogens is 458 g/mol. The van der Waals surface area contributed by atoms with Gasteiger partial charge < -0.3 is 35.1 Å². The topological polar surface area (TPSA) is 162 Å². The van der Waals surface area contributed by atoms with Gasteiger partial charge in [0.1, 0.15) is 5.75 Å². The fourth-order valence-corrected chi connectivity index (χ4v) is 3.44. The summed E-state index contributed by atoms with van der Waals surface area (Å²) in [7, 11) is 6.05. The summed E-state index contributed by atoms with van der Waals surface area (Å²) in [5.74, 6) is 0.374. The fraction of sp³-hybridized carbons (Fsp3) is 0.304. The number of quaternary nitrogens is 1. The minimum atomic E-state index is -0.987. The predicted octanol–water partition coefficient (Wildman–Crippen LogP) is 1.38. The Kier molecular flexibility index (Phi) is 8.10. The zero-order valence-corrected chi connectivity index (χ0v) is 19.9. The third kappa shape index (κ3) is 5.61. The standard InChI is InChI=1S/C23H27N5O7/c1-32-18-7-5-13(9-16(18)26-23(31)15(24)6-8-21(29)30)17-12-25-27-28(17)14-10-19(33-2)22(35-4)20(11-14)34-3/h5,7,9-12,15H,6,8,24H2,1-4H3,(H,26,31)(H,29,30)/p+1. The number of nitrogens with zero attached hydrogens (tertiary/aromatic N) is 3. The average Bonchev–Trinajstić information content (AvgIpc) is 3.36. The quantitative estimate of drug-likeness (QED) is 0.363. The number of ether oxygens (including phenoxy) is 4. The van der Waals surface area contributed by atoms with Gasteiger partial charge in [-0.2, -0.15) is 0 Å². The molecule has 35 heavy (non-hydrogen) atoms. The van der Waals surface area contributed by atoms with E-state index in [0.29, 0.717) is 45.6 Å². The third-order valence-electron chi connectivity index (χ3n) is 5.27. The van der Waals surface area contributed by atoms with E-state index in [9.17, 15) is 9.59 Å². The van der Waals surface area contributed by atoms with Gasteiger partial charge in [0.25, 0.3) is 5.91 Å². The van der Waals surface area contributed by atoms with Crippen LogP contribution in [0.4, 0.5) is 5.69 Å². The maximum absolute atomic E-state index is 12.6. The Morgan fingerprint density at radius 1 is 1.03 bits per heavy atom. The molecule has 3 aromatic rings. The number of aromatic nitrogens is 3. The number of hydrogen-bond acceptors (Lipinski definition) is 8. The van der Waals surface area contributed by atoms with Crippen LogP contribution in [0.1, 0.15) is 12.8 Å². The molecule has 0 aliphatic heterocycles. The molecule has 186 valence electrons. The Morgan fingerprint density at radius 2 is 1.69 bits per heavy atom. The molecule has 5 N–H and O–H groups in total. The largest absolute Gasteiger partial charge is 0.495 e. The Labute approximate surface area is 201 Å². The van der Waals surface area contributed by atoms with Crippen LogP contribution in [0.2, 0.25) is 0 Å². The molecule has 1 heterocycles. The summed E-state index contributed by atoms with van der Waals surface area (Å²) in [5, 5.41) is 19.9. The number of hydrogen-bond donors (Lipinski definition) is 3. The van der Waals surface area contributed by atoms with Crippen molar-refractivity contribution in [1.82, 2.24) is 15.0 Å². The van der Waals surface area contributed by atoms with Gasteiger partial charge in [-0.05, 0) is 18.2 Å². The number of nitrogens with one attached hydrogen (secondary N) is 1. The van der Waals surface area contributed by atoms with E-state index in [1.54, 1.807) is 41.2 Å². The van der Waals surface area contributed by atoms with Crippen molar-refractivity contribution in [2.45, 2.75) is 18.9 Å². The highest BCUT2D eigenvalue weighted by Crippen LogP contribution is 2.40. The van der Waals surface area contributed by atoms with E-state index in [-0.39, 0.29) is 12.8 Å². The van der Waals surface area contributed by atoms with E-state index in [1.807, 2.05) is 0 Å². The van der Waals surface area contributed by atoms with E-state index in [4.69, 9.17) is 24.1 Å². The summed E-state index contributed by atoms with van der Waals surface area (Å²) in [4.78, 5) is 23.4. The number of aliphatic carboxylic acids is 1. The minimum absolute atomic E-state index is 0.112. The van der Waals surface area contributed by atoms with Crippen molar-refractivity contribution in [3.63, 3.8) is 0 Å². The molecule has 0 fully saturated rings. The number of amides is 1. The smallest absolute Gasteiger partial charge is 0.303 e. The normalized spacial score (nSPS) is 11.5. The Bertz CT molecular complexity index is 1190. The van der Waals surface area contributed by atoms with Crippen LogP contribution in [0.15, 0.2) is 36.5 Å². The second-order valence-electron chi connectivity index (χ2n) is 7.45. The highest BCUT2D eigenvalue weighted by Gasteiger charge is 2.21. The fourth-order valence-electron chi connectivity index (χ4n) is 3.44. The number of carbonyl (C=O) groups is 2. The van der Waals surface area contributed by atoms with Crippen LogP contribution in [0.5, 0.6) is 23.0 Å². The lowest BCUT2D eigenvalue weighted by atomic mass is 10.1. The summed E-state index contributed by atoms with van der Waals surface area (Å²) in [6, 6.07) is 7.95. The maximum atomic E-state index is 12.6. The van der Waals surface area contributed by atoms with Gasteiger partial charge in [0, 0.05) is 24.1 Å². The molecule has 0 bridgehead atoms. The van der Waals surface area contributed by atoms with Crippen LogP contribution >= 0.6 is 0 Å². The summed E-state index contributed by atoms with van der Waals surface area (Å²) in [5.41, 5.74) is 6.08. The van der Waals surface area contributed by atoms with Crippen molar-refractivity contribution in [1.29, 1.82) is 0 Å². The molecule has 12 nitrogen and oxygen atoms in total. The molecule has 0 spiro atoms. The number of carboxylic acids is 1. The van der Waals surface area contributed by atoms with Gasteiger partial charge in [-0.15, -0.1) is 5.10 Å². The number of benzene rings is 2. The first kappa shape index (κ1) is 25.3. The van der Waals surface area contributed by atoms with E-state index < -0.39 is 17.9 Å². The van der Waals surface area contributed by atoms with Crippen molar-refractivity contribution < 1.29 is 39.4 Å². The summed E-state index contributed by atoms with van der Waals surface area (Å²) < 4.78 is 23.2. The number of anilines is 1. The van der Waals surface area contributed by atoms with Gasteiger partial charge in [-0.1, -0.05) is 5.21 Å². The Balaban J connectivity index is 1.98. The second-order valence-corrected chi connectivity index (χ2v) is 7.45. The molecule has 0 aliphatic rings. The average molecular weight is 487 g/mol. The van der Waals surface area contributed by atoms with Gasteiger partial charge in [-0.3, -0.25) is 9.59 Å². The van der Waals surface area contributed by atoms with Crippen molar-refractivity contribution >= 4 is 17.6 Å². The molecule has 3 rings (SSSR count). The zero-order valence-electron chi connectivity index (χ0n) is 19.9. The first-order valence-corrected chi connectivity index (χ1v) is 10.6. The molecule has 0 saturated heterocycles. The Morgan fingerprint density at radius 3 is 2.26 bits per heavy atom. The van der Waals surface area contributed by atoms with E-state index in [1.165, 1.54) is 28.4 Å². The van der Waals surface area contributed by atoms with Crippen molar-refractivity contribution in [2.75, 3.05) is 33.8 Å². The van der Waals surface area contributed by atoms with Crippen LogP contribution in [-0.4, -0.2) is 66.5 Å². The van der Waals surface area contributed by atoms with Crippen molar-refractivity contribution in [3.8, 4) is 39.9 Å². The summed E-state index contributed by atoms with van der Waals surface area (Å²) in [6.45, 7) is 0. The predicted molar refractivity (Wildman–Crippen MR) is 125 cm³/mol. The lowest BCUT2D eigenvalue weighted by Crippen LogP contribution is -2.66. The highest BCUT2D eigenvalue weighted by atomic mass is 16.5. The van der Waals surface area contributed by atoms with E-state index >= 15 is 0 Å². The van der Waals surface area contributed by atoms with Crippen molar-refractivity contribution in [2.24, 2.45) is 0 Å². The molecule has 0 aliphatic carbocycles. The highest BCUT2D eigenvalue weighted by molar-refractivity contribution is 5.96. The Hall–Kier alpha value is -4.32. The summed E-state index contributed by atoms with van der Waals surface area (Å²) >= 11 is 0. The molecule has 0 radical (unpaired) electrons. The van der Waals surface area contributed by atoms with Crippen LogP contribution in [0.3, 0.4) is 0 Å². The summed E-state index contributed by atoms with van der Waals surface area (Å²) in [6.07, 6.45) is 1.53. The molecule has 0 saturated carbocycles. The molecule has 1 aromatic heterocycles. The molecule has 1 amide bonds. The number of carbonyl (C=O) groups excluding carboxylic acids is 1.